The molecule has 4 nitrogen and oxygen atoms in total. The largest absolute Gasteiger partial charge is 0.493 e. The van der Waals surface area contributed by atoms with E-state index in [0.717, 1.165) is 23.3 Å². The van der Waals surface area contributed by atoms with E-state index in [9.17, 15) is 18.0 Å². The molecule has 1 aliphatic rings. The van der Waals surface area contributed by atoms with Crippen LogP contribution in [0.25, 0.3) is 0 Å². The van der Waals surface area contributed by atoms with Gasteiger partial charge in [0.05, 0.1) is 6.61 Å². The molecule has 2 aromatic rings. The zero-order chi connectivity index (χ0) is 17.9. The normalized spacial score (nSPS) is 13.1. The molecule has 0 radical (unpaired) electrons. The summed E-state index contributed by atoms with van der Waals surface area (Å²) < 4.78 is 46.3. The van der Waals surface area contributed by atoms with Crippen molar-refractivity contribution >= 4 is 5.91 Å². The van der Waals surface area contributed by atoms with Crippen molar-refractivity contribution in [2.45, 2.75) is 19.1 Å². The average molecular weight is 351 g/mol. The topological polar surface area (TPSA) is 47.6 Å². The van der Waals surface area contributed by atoms with E-state index in [1.165, 1.54) is 12.1 Å². The maximum atomic E-state index is 12.2. The summed E-state index contributed by atoms with van der Waals surface area (Å²) in [5, 5.41) is 2.78. The Hall–Kier alpha value is -2.70. The number of carbonyl (C=O) groups excluding carboxylic acids is 1. The fourth-order valence-corrected chi connectivity index (χ4v) is 2.48. The summed E-state index contributed by atoms with van der Waals surface area (Å²) in [6, 6.07) is 11.4. The molecule has 0 saturated carbocycles. The van der Waals surface area contributed by atoms with Gasteiger partial charge in [-0.3, -0.25) is 4.79 Å². The molecule has 7 heteroatoms. The molecule has 132 valence electrons. The second-order valence-electron chi connectivity index (χ2n) is 5.65. The van der Waals surface area contributed by atoms with Crippen LogP contribution in [0.4, 0.5) is 13.2 Å². The lowest BCUT2D eigenvalue weighted by molar-refractivity contribution is -0.153. The first kappa shape index (κ1) is 17.1. The van der Waals surface area contributed by atoms with Gasteiger partial charge in [0.15, 0.2) is 6.61 Å². The van der Waals surface area contributed by atoms with E-state index in [1.807, 2.05) is 6.07 Å². The molecular formula is C18H16F3NO3. The van der Waals surface area contributed by atoms with Crippen LogP contribution in [0.2, 0.25) is 0 Å². The highest BCUT2D eigenvalue weighted by molar-refractivity contribution is 5.94. The van der Waals surface area contributed by atoms with Crippen LogP contribution >= 0.6 is 0 Å². The number of ether oxygens (including phenoxy) is 2. The van der Waals surface area contributed by atoms with Gasteiger partial charge in [0.2, 0.25) is 0 Å². The lowest BCUT2D eigenvalue weighted by atomic mass is 10.1. The van der Waals surface area contributed by atoms with Gasteiger partial charge in [-0.2, -0.15) is 13.2 Å². The number of hydrogen-bond donors (Lipinski definition) is 1. The molecule has 1 N–H and O–H groups in total. The van der Waals surface area contributed by atoms with Crippen molar-refractivity contribution in [3.05, 3.63) is 59.2 Å². The van der Waals surface area contributed by atoms with Crippen molar-refractivity contribution in [1.29, 1.82) is 0 Å². The summed E-state index contributed by atoms with van der Waals surface area (Å²) >= 11 is 0. The van der Waals surface area contributed by atoms with Crippen LogP contribution in [0.15, 0.2) is 42.5 Å². The van der Waals surface area contributed by atoms with Crippen LogP contribution in [-0.2, 0) is 13.0 Å². The van der Waals surface area contributed by atoms with Crippen LogP contribution in [0, 0.1) is 0 Å². The van der Waals surface area contributed by atoms with Crippen molar-refractivity contribution in [1.82, 2.24) is 5.32 Å². The average Bonchev–Trinajstić information content (AvgIpc) is 3.05. The quantitative estimate of drug-likeness (QED) is 0.897. The maximum absolute atomic E-state index is 12.2. The highest BCUT2D eigenvalue weighted by Gasteiger charge is 2.28. The van der Waals surface area contributed by atoms with Crippen LogP contribution in [0.5, 0.6) is 11.5 Å². The minimum atomic E-state index is -4.37. The number of carbonyl (C=O) groups is 1. The first-order valence-corrected chi connectivity index (χ1v) is 7.73. The summed E-state index contributed by atoms with van der Waals surface area (Å²) in [7, 11) is 0. The van der Waals surface area contributed by atoms with Crippen molar-refractivity contribution in [3.8, 4) is 11.5 Å². The third-order valence-electron chi connectivity index (χ3n) is 3.73. The number of fused-ring (bicyclic) bond motifs is 1. The van der Waals surface area contributed by atoms with E-state index < -0.39 is 12.8 Å². The van der Waals surface area contributed by atoms with Gasteiger partial charge in [-0.25, -0.2) is 0 Å². The molecular weight excluding hydrogens is 335 g/mol. The monoisotopic (exact) mass is 351 g/mol. The molecule has 0 saturated heterocycles. The zero-order valence-electron chi connectivity index (χ0n) is 13.2. The van der Waals surface area contributed by atoms with Gasteiger partial charge in [0.1, 0.15) is 11.5 Å². The van der Waals surface area contributed by atoms with Crippen LogP contribution in [-0.4, -0.2) is 25.3 Å². The minimum Gasteiger partial charge on any atom is -0.493 e. The second kappa shape index (κ2) is 7.04. The summed E-state index contributed by atoms with van der Waals surface area (Å²) in [5.74, 6) is 0.726. The summed E-state index contributed by atoms with van der Waals surface area (Å²) in [6.45, 7) is -0.430. The van der Waals surface area contributed by atoms with E-state index in [2.05, 4.69) is 10.1 Å². The van der Waals surface area contributed by atoms with Crippen molar-refractivity contribution in [3.63, 3.8) is 0 Å². The zero-order valence-corrected chi connectivity index (χ0v) is 13.2. The van der Waals surface area contributed by atoms with Gasteiger partial charge in [-0.15, -0.1) is 0 Å². The molecule has 3 rings (SSSR count). The Balaban J connectivity index is 1.53. The van der Waals surface area contributed by atoms with Gasteiger partial charge in [0.25, 0.3) is 5.91 Å². The van der Waals surface area contributed by atoms with E-state index >= 15 is 0 Å². The molecule has 1 heterocycles. The minimum absolute atomic E-state index is 0.131. The molecule has 1 amide bonds. The van der Waals surface area contributed by atoms with Crippen LogP contribution in [0.3, 0.4) is 0 Å². The smallest absolute Gasteiger partial charge is 0.422 e. The molecule has 0 unspecified atom stereocenters. The summed E-state index contributed by atoms with van der Waals surface area (Å²) in [5.41, 5.74) is 2.32. The molecule has 0 aliphatic carbocycles. The third kappa shape index (κ3) is 4.65. The molecule has 0 atom stereocenters. The van der Waals surface area contributed by atoms with Gasteiger partial charge in [-0.1, -0.05) is 12.1 Å². The van der Waals surface area contributed by atoms with Crippen molar-refractivity contribution in [2.75, 3.05) is 13.2 Å². The maximum Gasteiger partial charge on any atom is 0.422 e. The first-order valence-electron chi connectivity index (χ1n) is 7.73. The Morgan fingerprint density at radius 2 is 1.92 bits per heavy atom. The first-order chi connectivity index (χ1) is 11.9. The van der Waals surface area contributed by atoms with E-state index in [1.54, 1.807) is 24.3 Å². The molecule has 0 bridgehead atoms. The third-order valence-corrected chi connectivity index (χ3v) is 3.73. The predicted molar refractivity (Wildman–Crippen MR) is 84.8 cm³/mol. The van der Waals surface area contributed by atoms with E-state index in [0.29, 0.717) is 12.2 Å². The van der Waals surface area contributed by atoms with E-state index in [4.69, 9.17) is 4.74 Å². The van der Waals surface area contributed by atoms with Gasteiger partial charge < -0.3 is 14.8 Å². The Labute approximate surface area is 142 Å². The number of nitrogens with one attached hydrogen (secondary N) is 1. The second-order valence-corrected chi connectivity index (χ2v) is 5.65. The highest BCUT2D eigenvalue weighted by Crippen LogP contribution is 2.25. The number of hydrogen-bond acceptors (Lipinski definition) is 3. The fraction of sp³-hybridized carbons (Fsp3) is 0.278. The molecule has 2 aromatic carbocycles. The number of halogens is 3. The van der Waals surface area contributed by atoms with Gasteiger partial charge >= 0.3 is 6.18 Å². The molecule has 0 aromatic heterocycles. The predicted octanol–water partition coefficient (Wildman–Crippen LogP) is 3.49. The van der Waals surface area contributed by atoms with Crippen LogP contribution < -0.4 is 14.8 Å². The van der Waals surface area contributed by atoms with Crippen molar-refractivity contribution in [2.24, 2.45) is 0 Å². The standard InChI is InChI=1S/C18H16F3NO3/c19-18(20,21)11-25-15-4-1-12(2-5-15)10-22-17(23)14-3-6-16-13(9-14)7-8-24-16/h1-6,9H,7-8,10-11H2,(H,22,23). The Bertz CT molecular complexity index is 757. The number of rotatable bonds is 5. The molecule has 25 heavy (non-hydrogen) atoms. The number of amides is 1. The van der Waals surface area contributed by atoms with Gasteiger partial charge in [-0.05, 0) is 41.5 Å². The van der Waals surface area contributed by atoms with Gasteiger partial charge in [0, 0.05) is 18.5 Å². The fourth-order valence-electron chi connectivity index (χ4n) is 2.48. The lowest BCUT2D eigenvalue weighted by Crippen LogP contribution is -2.22. The molecule has 0 fully saturated rings. The lowest BCUT2D eigenvalue weighted by Gasteiger charge is -2.10. The molecule has 1 aliphatic heterocycles. The number of alkyl halides is 3. The Kier molecular flexibility index (Phi) is 4.83. The number of benzene rings is 2. The van der Waals surface area contributed by atoms with Crippen molar-refractivity contribution < 1.29 is 27.4 Å². The highest BCUT2D eigenvalue weighted by atomic mass is 19.4. The van der Waals surface area contributed by atoms with E-state index in [-0.39, 0.29) is 18.2 Å². The SMILES string of the molecule is O=C(NCc1ccc(OCC(F)(F)F)cc1)c1ccc2c(c1)CCO2. The molecule has 0 spiro atoms. The van der Waals surface area contributed by atoms with Crippen LogP contribution in [0.1, 0.15) is 21.5 Å². The summed E-state index contributed by atoms with van der Waals surface area (Å²) in [4.78, 5) is 12.2. The summed E-state index contributed by atoms with van der Waals surface area (Å²) in [6.07, 6.45) is -3.58. The Morgan fingerprint density at radius 1 is 1.16 bits per heavy atom. The Morgan fingerprint density at radius 3 is 2.64 bits per heavy atom.